The number of anilines is 1. The lowest BCUT2D eigenvalue weighted by Crippen LogP contribution is -2.28. The number of aryl methyl sites for hydroxylation is 1. The van der Waals surface area contributed by atoms with E-state index in [0.717, 1.165) is 16.3 Å². The summed E-state index contributed by atoms with van der Waals surface area (Å²) in [5, 5.41) is 3.80. The maximum Gasteiger partial charge on any atom is 0.0780 e. The molecular weight excluding hydrogens is 174 g/mol. The molecular formula is C8H12ClN3. The lowest BCUT2D eigenvalue weighted by atomic mass is 10.2. The lowest BCUT2D eigenvalue weighted by Gasteiger charge is -2.06. The van der Waals surface area contributed by atoms with Crippen LogP contribution in [0.2, 0.25) is 5.02 Å². The average Bonchev–Trinajstić information content (AvgIpc) is 2.07. The Balaban J connectivity index is 2.69. The van der Waals surface area contributed by atoms with E-state index >= 15 is 0 Å². The van der Waals surface area contributed by atoms with Crippen molar-refractivity contribution in [1.29, 1.82) is 0 Å². The fourth-order valence-electron chi connectivity index (χ4n) is 0.856. The minimum atomic E-state index is 0.527. The number of halogens is 1. The van der Waals surface area contributed by atoms with Crippen LogP contribution in [0, 0.1) is 6.92 Å². The van der Waals surface area contributed by atoms with Gasteiger partial charge in [0.1, 0.15) is 0 Å². The molecule has 0 radical (unpaired) electrons. The van der Waals surface area contributed by atoms with Crippen LogP contribution < -0.4 is 16.6 Å². The third kappa shape index (κ3) is 2.37. The van der Waals surface area contributed by atoms with Gasteiger partial charge >= 0.3 is 0 Å². The molecule has 0 atom stereocenters. The summed E-state index contributed by atoms with van der Waals surface area (Å²) in [4.78, 5) is 0. The fraction of sp³-hybridized carbons (Fsp3) is 0.250. The SMILES string of the molecule is Cc1ccc(NCNN)cc1Cl. The van der Waals surface area contributed by atoms with Crippen LogP contribution in [0.4, 0.5) is 5.69 Å². The average molecular weight is 186 g/mol. The number of benzene rings is 1. The van der Waals surface area contributed by atoms with Gasteiger partial charge in [-0.15, -0.1) is 0 Å². The number of nitrogens with one attached hydrogen (secondary N) is 2. The van der Waals surface area contributed by atoms with Crippen molar-refractivity contribution in [2.45, 2.75) is 6.92 Å². The van der Waals surface area contributed by atoms with Gasteiger partial charge in [0.25, 0.3) is 0 Å². The van der Waals surface area contributed by atoms with Gasteiger partial charge < -0.3 is 5.32 Å². The minimum Gasteiger partial charge on any atom is -0.371 e. The van der Waals surface area contributed by atoms with Crippen LogP contribution in [0.1, 0.15) is 5.56 Å². The highest BCUT2D eigenvalue weighted by Gasteiger charge is 1.95. The van der Waals surface area contributed by atoms with Gasteiger partial charge in [-0.25, -0.2) is 5.43 Å². The van der Waals surface area contributed by atoms with Crippen molar-refractivity contribution in [3.05, 3.63) is 28.8 Å². The summed E-state index contributed by atoms with van der Waals surface area (Å²) in [7, 11) is 0. The first-order valence-corrected chi connectivity index (χ1v) is 4.05. The molecule has 0 saturated carbocycles. The molecule has 0 aromatic heterocycles. The quantitative estimate of drug-likeness (QED) is 0.380. The molecule has 0 amide bonds. The Bertz CT molecular complexity index is 262. The van der Waals surface area contributed by atoms with Crippen LogP contribution in [0.25, 0.3) is 0 Å². The molecule has 4 N–H and O–H groups in total. The summed E-state index contributed by atoms with van der Waals surface area (Å²) in [5.74, 6) is 5.10. The topological polar surface area (TPSA) is 50.1 Å². The second-order valence-corrected chi connectivity index (χ2v) is 2.93. The largest absolute Gasteiger partial charge is 0.371 e. The van der Waals surface area contributed by atoms with E-state index in [-0.39, 0.29) is 0 Å². The summed E-state index contributed by atoms with van der Waals surface area (Å²) in [5.41, 5.74) is 4.53. The van der Waals surface area contributed by atoms with Crippen molar-refractivity contribution < 1.29 is 0 Å². The lowest BCUT2D eigenvalue weighted by molar-refractivity contribution is 0.790. The minimum absolute atomic E-state index is 0.527. The Labute approximate surface area is 76.9 Å². The van der Waals surface area contributed by atoms with Gasteiger partial charge in [-0.3, -0.25) is 5.84 Å². The number of hydrogen-bond donors (Lipinski definition) is 3. The van der Waals surface area contributed by atoms with Crippen molar-refractivity contribution in [3.63, 3.8) is 0 Å². The first kappa shape index (κ1) is 9.32. The van der Waals surface area contributed by atoms with Crippen LogP contribution in [0.5, 0.6) is 0 Å². The Morgan fingerprint density at radius 2 is 2.25 bits per heavy atom. The summed E-state index contributed by atoms with van der Waals surface area (Å²) < 4.78 is 0. The number of rotatable bonds is 3. The van der Waals surface area contributed by atoms with Gasteiger partial charge in [-0.05, 0) is 24.6 Å². The highest BCUT2D eigenvalue weighted by atomic mass is 35.5. The van der Waals surface area contributed by atoms with E-state index in [1.807, 2.05) is 25.1 Å². The van der Waals surface area contributed by atoms with Gasteiger partial charge in [0, 0.05) is 10.7 Å². The fourth-order valence-corrected chi connectivity index (χ4v) is 1.04. The maximum atomic E-state index is 5.90. The first-order valence-electron chi connectivity index (χ1n) is 3.67. The Kier molecular flexibility index (Phi) is 3.34. The molecule has 3 nitrogen and oxygen atoms in total. The van der Waals surface area contributed by atoms with Crippen LogP contribution in [-0.2, 0) is 0 Å². The zero-order valence-electron chi connectivity index (χ0n) is 6.89. The second-order valence-electron chi connectivity index (χ2n) is 2.52. The molecule has 0 unspecified atom stereocenters. The van der Waals surface area contributed by atoms with Gasteiger partial charge in [0.15, 0.2) is 0 Å². The Morgan fingerprint density at radius 3 is 2.83 bits per heavy atom. The van der Waals surface area contributed by atoms with Gasteiger partial charge in [-0.1, -0.05) is 17.7 Å². The molecule has 1 aromatic rings. The Morgan fingerprint density at radius 1 is 1.50 bits per heavy atom. The van der Waals surface area contributed by atoms with E-state index in [0.29, 0.717) is 6.67 Å². The van der Waals surface area contributed by atoms with Crippen molar-refractivity contribution in [2.24, 2.45) is 5.84 Å². The molecule has 4 heteroatoms. The predicted octanol–water partition coefficient (Wildman–Crippen LogP) is 1.48. The molecule has 0 heterocycles. The molecule has 1 rings (SSSR count). The standard InChI is InChI=1S/C8H12ClN3/c1-6-2-3-7(4-8(6)9)11-5-12-10/h2-4,11-12H,5,10H2,1H3. The number of nitrogens with two attached hydrogens (primary N) is 1. The second kappa shape index (κ2) is 4.30. The third-order valence-electron chi connectivity index (χ3n) is 1.57. The van der Waals surface area contributed by atoms with E-state index in [9.17, 15) is 0 Å². The summed E-state index contributed by atoms with van der Waals surface area (Å²) in [6.07, 6.45) is 0. The number of hydrazine groups is 1. The molecule has 0 spiro atoms. The van der Waals surface area contributed by atoms with E-state index < -0.39 is 0 Å². The molecule has 0 aliphatic rings. The molecule has 0 saturated heterocycles. The molecule has 0 aliphatic heterocycles. The third-order valence-corrected chi connectivity index (χ3v) is 1.97. The van der Waals surface area contributed by atoms with Crippen LogP contribution in [0.3, 0.4) is 0 Å². The van der Waals surface area contributed by atoms with E-state index in [1.54, 1.807) is 0 Å². The highest BCUT2D eigenvalue weighted by Crippen LogP contribution is 2.19. The van der Waals surface area contributed by atoms with Crippen molar-refractivity contribution >= 4 is 17.3 Å². The molecule has 0 fully saturated rings. The normalized spacial score (nSPS) is 9.92. The van der Waals surface area contributed by atoms with Gasteiger partial charge in [0.2, 0.25) is 0 Å². The molecule has 0 aliphatic carbocycles. The zero-order valence-corrected chi connectivity index (χ0v) is 7.65. The molecule has 1 aromatic carbocycles. The summed E-state index contributed by atoms with van der Waals surface area (Å²) >= 11 is 5.90. The first-order chi connectivity index (χ1) is 5.74. The summed E-state index contributed by atoms with van der Waals surface area (Å²) in [6.45, 7) is 2.49. The zero-order chi connectivity index (χ0) is 8.97. The summed E-state index contributed by atoms with van der Waals surface area (Å²) in [6, 6.07) is 5.79. The Hall–Kier alpha value is -0.770. The molecule has 12 heavy (non-hydrogen) atoms. The van der Waals surface area contributed by atoms with Crippen molar-refractivity contribution in [1.82, 2.24) is 5.43 Å². The molecule has 66 valence electrons. The smallest absolute Gasteiger partial charge is 0.0780 e. The van der Waals surface area contributed by atoms with Crippen LogP contribution in [-0.4, -0.2) is 6.67 Å². The predicted molar refractivity (Wildman–Crippen MR) is 52.0 cm³/mol. The van der Waals surface area contributed by atoms with Gasteiger partial charge in [-0.2, -0.15) is 0 Å². The van der Waals surface area contributed by atoms with Crippen molar-refractivity contribution in [3.8, 4) is 0 Å². The van der Waals surface area contributed by atoms with E-state index in [4.69, 9.17) is 17.4 Å². The van der Waals surface area contributed by atoms with Crippen molar-refractivity contribution in [2.75, 3.05) is 12.0 Å². The van der Waals surface area contributed by atoms with Crippen LogP contribution in [0.15, 0.2) is 18.2 Å². The van der Waals surface area contributed by atoms with E-state index in [2.05, 4.69) is 10.7 Å². The monoisotopic (exact) mass is 185 g/mol. The maximum absolute atomic E-state index is 5.90. The van der Waals surface area contributed by atoms with Gasteiger partial charge in [0.05, 0.1) is 6.67 Å². The van der Waals surface area contributed by atoms with E-state index in [1.165, 1.54) is 0 Å². The van der Waals surface area contributed by atoms with Crippen LogP contribution >= 0.6 is 11.6 Å². The molecule has 0 bridgehead atoms. The number of hydrogen-bond acceptors (Lipinski definition) is 3. The highest BCUT2D eigenvalue weighted by molar-refractivity contribution is 6.31.